The van der Waals surface area contributed by atoms with Gasteiger partial charge in [0.15, 0.2) is 5.79 Å². The molecule has 1 unspecified atom stereocenters. The number of amides is 2. The lowest BCUT2D eigenvalue weighted by Gasteiger charge is -2.53. The van der Waals surface area contributed by atoms with Crippen molar-refractivity contribution in [3.05, 3.63) is 0 Å². The molecule has 2 amide bonds. The van der Waals surface area contributed by atoms with Crippen LogP contribution in [0.4, 0.5) is 0 Å². The summed E-state index contributed by atoms with van der Waals surface area (Å²) < 4.78 is 23.3. The molecule has 9 heteroatoms. The topological polar surface area (TPSA) is 95.1 Å². The maximum atomic E-state index is 13.6. The molecule has 0 bridgehead atoms. The van der Waals surface area contributed by atoms with Crippen molar-refractivity contribution in [2.45, 2.75) is 122 Å². The van der Waals surface area contributed by atoms with E-state index >= 15 is 0 Å². The third-order valence-electron chi connectivity index (χ3n) is 7.41. The van der Waals surface area contributed by atoms with Crippen molar-refractivity contribution in [1.82, 2.24) is 10.6 Å². The van der Waals surface area contributed by atoms with Crippen LogP contribution in [0.2, 0.25) is 6.32 Å². The maximum Gasteiger partial charge on any atom is 0.457 e. The van der Waals surface area contributed by atoms with Crippen LogP contribution in [0, 0.1) is 5.92 Å². The first-order valence-corrected chi connectivity index (χ1v) is 12.1. The van der Waals surface area contributed by atoms with Crippen LogP contribution in [-0.4, -0.2) is 61.2 Å². The number of hydrogen-bond donors (Lipinski definition) is 2. The summed E-state index contributed by atoms with van der Waals surface area (Å²) in [6.45, 7) is 15.5. The van der Waals surface area contributed by atoms with E-state index in [0.29, 0.717) is 19.3 Å². The van der Waals surface area contributed by atoms with Crippen LogP contribution in [0.1, 0.15) is 87.5 Å². The first-order chi connectivity index (χ1) is 15.0. The van der Waals surface area contributed by atoms with Gasteiger partial charge in [-0.05, 0) is 61.2 Å². The van der Waals surface area contributed by atoms with Crippen molar-refractivity contribution in [1.29, 1.82) is 0 Å². The highest BCUT2D eigenvalue weighted by molar-refractivity contribution is 6.45. The van der Waals surface area contributed by atoms with Gasteiger partial charge in [-0.25, -0.2) is 0 Å². The van der Waals surface area contributed by atoms with Gasteiger partial charge in [0.25, 0.3) is 0 Å². The number of methoxy groups -OCH3 is 2. The molecule has 190 valence electrons. The van der Waals surface area contributed by atoms with Crippen LogP contribution >= 0.6 is 0 Å². The minimum atomic E-state index is -1.03. The standard InChI is InChI=1S/C24H45BN2O6/c1-17(28)26-24(19(29)27-20(2,3)4,18-15-23(16-18,30-9)31-10)13-11-12-14-25-32-21(5,6)22(7,8)33-25/h18H,11-16H2,1-10H3,(H,26,28)(H,27,29). The molecular weight excluding hydrogens is 423 g/mol. The zero-order valence-corrected chi connectivity index (χ0v) is 22.3. The molecule has 0 aromatic carbocycles. The number of nitrogens with one attached hydrogen (secondary N) is 2. The molecule has 2 rings (SSSR count). The summed E-state index contributed by atoms with van der Waals surface area (Å²) in [5.74, 6) is -1.19. The van der Waals surface area contributed by atoms with E-state index in [2.05, 4.69) is 10.6 Å². The molecule has 2 fully saturated rings. The molecule has 0 aromatic heterocycles. The smallest absolute Gasteiger partial charge is 0.403 e. The van der Waals surface area contributed by atoms with E-state index in [1.807, 2.05) is 48.5 Å². The molecule has 2 aliphatic rings. The van der Waals surface area contributed by atoms with Gasteiger partial charge < -0.3 is 29.4 Å². The second-order valence-electron chi connectivity index (χ2n) is 11.7. The highest BCUT2D eigenvalue weighted by atomic mass is 16.7. The third kappa shape index (κ3) is 6.30. The van der Waals surface area contributed by atoms with Gasteiger partial charge >= 0.3 is 7.12 Å². The van der Waals surface area contributed by atoms with E-state index < -0.39 is 16.9 Å². The predicted octanol–water partition coefficient (Wildman–Crippen LogP) is 3.44. The number of rotatable bonds is 10. The molecule has 2 N–H and O–H groups in total. The van der Waals surface area contributed by atoms with Crippen molar-refractivity contribution in [3.63, 3.8) is 0 Å². The summed E-state index contributed by atoms with van der Waals surface area (Å²) in [5, 5.41) is 6.13. The lowest BCUT2D eigenvalue weighted by Crippen LogP contribution is -2.69. The summed E-state index contributed by atoms with van der Waals surface area (Å²) in [7, 11) is 2.95. The molecule has 1 saturated heterocycles. The Balaban J connectivity index is 2.14. The van der Waals surface area contributed by atoms with Gasteiger partial charge in [-0.3, -0.25) is 9.59 Å². The first-order valence-electron chi connectivity index (χ1n) is 12.1. The van der Waals surface area contributed by atoms with Gasteiger partial charge in [-0.15, -0.1) is 0 Å². The lowest BCUT2D eigenvalue weighted by molar-refractivity contribution is -0.278. The van der Waals surface area contributed by atoms with Crippen molar-refractivity contribution >= 4 is 18.9 Å². The van der Waals surface area contributed by atoms with E-state index in [-0.39, 0.29) is 36.1 Å². The molecule has 33 heavy (non-hydrogen) atoms. The Morgan fingerprint density at radius 1 is 0.970 bits per heavy atom. The van der Waals surface area contributed by atoms with Gasteiger partial charge in [-0.1, -0.05) is 12.8 Å². The largest absolute Gasteiger partial charge is 0.457 e. The van der Waals surface area contributed by atoms with Crippen LogP contribution in [0.5, 0.6) is 0 Å². The molecular formula is C24H45BN2O6. The first kappa shape index (κ1) is 28.1. The molecule has 0 radical (unpaired) electrons. The van der Waals surface area contributed by atoms with Gasteiger partial charge in [0.2, 0.25) is 11.8 Å². The fourth-order valence-electron chi connectivity index (χ4n) is 4.74. The van der Waals surface area contributed by atoms with Gasteiger partial charge in [0, 0.05) is 45.4 Å². The highest BCUT2D eigenvalue weighted by Gasteiger charge is 2.58. The average molecular weight is 468 g/mol. The number of hydrogen-bond acceptors (Lipinski definition) is 6. The fraction of sp³-hybridized carbons (Fsp3) is 0.917. The molecule has 1 aliphatic heterocycles. The van der Waals surface area contributed by atoms with Crippen LogP contribution in [0.3, 0.4) is 0 Å². The second kappa shape index (κ2) is 9.84. The summed E-state index contributed by atoms with van der Waals surface area (Å²) >= 11 is 0. The zero-order valence-electron chi connectivity index (χ0n) is 22.3. The van der Waals surface area contributed by atoms with Crippen molar-refractivity contribution in [3.8, 4) is 0 Å². The van der Waals surface area contributed by atoms with Crippen molar-refractivity contribution in [2.75, 3.05) is 14.2 Å². The molecule has 8 nitrogen and oxygen atoms in total. The Labute approximate surface area is 200 Å². The van der Waals surface area contributed by atoms with Gasteiger partial charge in [0.1, 0.15) is 5.54 Å². The Morgan fingerprint density at radius 3 is 1.91 bits per heavy atom. The zero-order chi connectivity index (χ0) is 25.3. The molecule has 1 heterocycles. The number of carbonyl (C=O) groups excluding carboxylic acids is 2. The quantitative estimate of drug-likeness (QED) is 0.290. The Hall–Kier alpha value is -1.16. The highest BCUT2D eigenvalue weighted by Crippen LogP contribution is 2.48. The number of ether oxygens (including phenoxy) is 2. The maximum absolute atomic E-state index is 13.6. The lowest BCUT2D eigenvalue weighted by atomic mass is 9.64. The second-order valence-corrected chi connectivity index (χ2v) is 11.7. The van der Waals surface area contributed by atoms with E-state index in [9.17, 15) is 9.59 Å². The molecule has 0 spiro atoms. The Bertz CT molecular complexity index is 692. The van der Waals surface area contributed by atoms with Gasteiger partial charge in [-0.2, -0.15) is 0 Å². The van der Waals surface area contributed by atoms with Gasteiger partial charge in [0.05, 0.1) is 11.2 Å². The summed E-state index contributed by atoms with van der Waals surface area (Å²) in [5.41, 5.74) is -2.18. The average Bonchev–Trinajstić information content (AvgIpc) is 2.83. The SMILES string of the molecule is COC1(OC)CC(C(CCCCB2OC(C)(C)C(C)(C)O2)(NC(C)=O)C(=O)NC(C)(C)C)C1. The predicted molar refractivity (Wildman–Crippen MR) is 129 cm³/mol. The molecule has 1 aliphatic carbocycles. The van der Waals surface area contributed by atoms with Crippen molar-refractivity contribution < 1.29 is 28.4 Å². The fourth-order valence-corrected chi connectivity index (χ4v) is 4.74. The van der Waals surface area contributed by atoms with E-state index in [1.165, 1.54) is 6.92 Å². The summed E-state index contributed by atoms with van der Waals surface area (Å²) in [6.07, 6.45) is 3.87. The van der Waals surface area contributed by atoms with E-state index in [0.717, 1.165) is 19.2 Å². The Kier molecular flexibility index (Phi) is 8.37. The summed E-state index contributed by atoms with van der Waals surface area (Å²) in [4.78, 5) is 25.9. The molecule has 1 saturated carbocycles. The summed E-state index contributed by atoms with van der Waals surface area (Å²) in [6, 6.07) is 0. The molecule has 1 atom stereocenters. The number of carbonyl (C=O) groups is 2. The minimum absolute atomic E-state index is 0.0968. The number of unbranched alkanes of at least 4 members (excludes halogenated alkanes) is 1. The Morgan fingerprint density at radius 2 is 1.48 bits per heavy atom. The third-order valence-corrected chi connectivity index (χ3v) is 7.41. The minimum Gasteiger partial charge on any atom is -0.403 e. The normalized spacial score (nSPS) is 23.5. The monoisotopic (exact) mass is 468 g/mol. The van der Waals surface area contributed by atoms with Crippen LogP contribution in [0.15, 0.2) is 0 Å². The van der Waals surface area contributed by atoms with Crippen molar-refractivity contribution in [2.24, 2.45) is 5.92 Å². The van der Waals surface area contributed by atoms with Crippen LogP contribution in [-0.2, 0) is 28.4 Å². The van der Waals surface area contributed by atoms with Crippen LogP contribution in [0.25, 0.3) is 0 Å². The molecule has 0 aromatic rings. The van der Waals surface area contributed by atoms with E-state index in [1.54, 1.807) is 14.2 Å². The van der Waals surface area contributed by atoms with Crippen LogP contribution < -0.4 is 10.6 Å². The van der Waals surface area contributed by atoms with E-state index in [4.69, 9.17) is 18.8 Å².